The van der Waals surface area contributed by atoms with E-state index in [1.807, 2.05) is 0 Å². The minimum absolute atomic E-state index is 0.261. The first-order valence-corrected chi connectivity index (χ1v) is 12.0. The molecule has 0 N–H and O–H groups in total. The van der Waals surface area contributed by atoms with Crippen molar-refractivity contribution in [2.24, 2.45) is 17.8 Å². The zero-order chi connectivity index (χ0) is 20.5. The van der Waals surface area contributed by atoms with Crippen LogP contribution in [-0.2, 0) is 10.2 Å². The number of rotatable bonds is 2. The van der Waals surface area contributed by atoms with E-state index in [1.165, 1.54) is 55.5 Å². The fraction of sp³-hybridized carbons (Fsp3) is 0.760. The highest BCUT2D eigenvalue weighted by molar-refractivity contribution is 5.69. The fourth-order valence-electron chi connectivity index (χ4n) is 9.89. The van der Waals surface area contributed by atoms with Crippen molar-refractivity contribution in [3.05, 3.63) is 17.7 Å². The zero-order valence-electron chi connectivity index (χ0n) is 18.9. The van der Waals surface area contributed by atoms with Crippen LogP contribution in [0.2, 0.25) is 0 Å². The lowest BCUT2D eigenvalue weighted by molar-refractivity contribution is -0.935. The minimum Gasteiger partial charge on any atom is -0.493 e. The third-order valence-electron chi connectivity index (χ3n) is 10.8. The van der Waals surface area contributed by atoms with E-state index in [0.717, 1.165) is 40.5 Å². The Balaban J connectivity index is 1.53. The van der Waals surface area contributed by atoms with Gasteiger partial charge in [0.1, 0.15) is 23.2 Å². The first kappa shape index (κ1) is 18.3. The highest BCUT2D eigenvalue weighted by Gasteiger charge is 2.79. The fourth-order valence-corrected chi connectivity index (χ4v) is 9.89. The van der Waals surface area contributed by atoms with Crippen molar-refractivity contribution >= 4 is 5.69 Å². The van der Waals surface area contributed by atoms with Crippen molar-refractivity contribution < 1.29 is 18.7 Å². The number of piperidine rings is 2. The Morgan fingerprint density at radius 1 is 1.07 bits per heavy atom. The molecule has 1 aliphatic carbocycles. The standard InChI is InChI=1S/C25H36N2O3/c1-26-9-7-25-17-12-20(28-3)21(29-4)13-18(17)27(2)8-5-19-23(24(25)27)16(11-22(25)26)15(14-26)6-10-30-19/h12-13,15-16,19,22-24H,5-11,14H2,1-4H3/q+2/t15-,16-,19+,22+,23-,24+,25-,26?,27?/m1/s1. The quantitative estimate of drug-likeness (QED) is 0.699. The second kappa shape index (κ2) is 5.54. The average Bonchev–Trinajstić information content (AvgIpc) is 3.10. The second-order valence-corrected chi connectivity index (χ2v) is 11.6. The van der Waals surface area contributed by atoms with E-state index in [9.17, 15) is 0 Å². The molecule has 2 bridgehead atoms. The van der Waals surface area contributed by atoms with Crippen molar-refractivity contribution in [1.29, 1.82) is 0 Å². The first-order valence-electron chi connectivity index (χ1n) is 12.0. The average molecular weight is 413 g/mol. The number of ether oxygens (including phenoxy) is 3. The van der Waals surface area contributed by atoms with Crippen LogP contribution in [0.1, 0.15) is 31.2 Å². The number of fused-ring (bicyclic) bond motifs is 2. The molecule has 1 spiro atoms. The molecular weight excluding hydrogens is 376 g/mol. The molecule has 7 rings (SSSR count). The van der Waals surface area contributed by atoms with Crippen molar-refractivity contribution in [2.75, 3.05) is 54.6 Å². The van der Waals surface area contributed by atoms with Crippen LogP contribution in [0.5, 0.6) is 11.5 Å². The number of likely N-dealkylation sites (N-methyl/N-ethyl adjacent to an activating group) is 2. The number of hydrogen-bond donors (Lipinski definition) is 0. The molecule has 0 amide bonds. The van der Waals surface area contributed by atoms with Crippen molar-refractivity contribution in [2.45, 2.75) is 49.3 Å². The Hall–Kier alpha value is -1.30. The predicted octanol–water partition coefficient (Wildman–Crippen LogP) is 2.94. The third-order valence-corrected chi connectivity index (χ3v) is 10.8. The summed E-state index contributed by atoms with van der Waals surface area (Å²) in [6.45, 7) is 4.86. The monoisotopic (exact) mass is 412 g/mol. The van der Waals surface area contributed by atoms with E-state index in [0.29, 0.717) is 18.1 Å². The van der Waals surface area contributed by atoms with Gasteiger partial charge in [0.2, 0.25) is 0 Å². The van der Waals surface area contributed by atoms with Gasteiger partial charge >= 0.3 is 0 Å². The van der Waals surface area contributed by atoms with Gasteiger partial charge in [-0.25, -0.2) is 0 Å². The SMILES string of the molecule is COc1cc2c(cc1OC)[N+]1(C)CC[C@@H]3OCC[C@@H]4C[N+]5(C)CC[C@]26[C@@H]5C[C@H]4[C@H]3[C@@H]61. The molecule has 1 aromatic carbocycles. The Labute approximate surface area is 180 Å². The summed E-state index contributed by atoms with van der Waals surface area (Å²) in [7, 11) is 8.67. The number of methoxy groups -OCH3 is 2. The van der Waals surface area contributed by atoms with Crippen LogP contribution < -0.4 is 14.0 Å². The molecule has 4 saturated heterocycles. The molecule has 0 radical (unpaired) electrons. The molecule has 2 unspecified atom stereocenters. The third kappa shape index (κ3) is 1.81. The van der Waals surface area contributed by atoms with Crippen LogP contribution in [0.4, 0.5) is 5.69 Å². The molecule has 9 atom stereocenters. The van der Waals surface area contributed by atoms with Crippen LogP contribution in [0.25, 0.3) is 0 Å². The van der Waals surface area contributed by atoms with Crippen molar-refractivity contribution in [3.8, 4) is 11.5 Å². The minimum atomic E-state index is 0.261. The van der Waals surface area contributed by atoms with E-state index in [4.69, 9.17) is 14.2 Å². The molecular formula is C25H36N2O3+2. The van der Waals surface area contributed by atoms with Gasteiger partial charge in [-0.05, 0) is 18.4 Å². The van der Waals surface area contributed by atoms with Crippen LogP contribution in [0.3, 0.4) is 0 Å². The van der Waals surface area contributed by atoms with Crippen molar-refractivity contribution in [3.63, 3.8) is 0 Å². The van der Waals surface area contributed by atoms with Crippen LogP contribution in [-0.4, -0.2) is 77.2 Å². The number of quaternary nitrogens is 2. The van der Waals surface area contributed by atoms with Crippen LogP contribution in [0, 0.1) is 17.8 Å². The molecule has 30 heavy (non-hydrogen) atoms. The van der Waals surface area contributed by atoms with Gasteiger partial charge in [0.05, 0.1) is 54.1 Å². The Morgan fingerprint density at radius 3 is 2.67 bits per heavy atom. The number of hydrogen-bond acceptors (Lipinski definition) is 3. The molecule has 5 aliphatic heterocycles. The van der Waals surface area contributed by atoms with Gasteiger partial charge in [-0.15, -0.1) is 0 Å². The van der Waals surface area contributed by atoms with Gasteiger partial charge in [-0.1, -0.05) is 0 Å². The number of benzene rings is 1. The number of nitrogens with zero attached hydrogens (tertiary/aromatic N) is 2. The summed E-state index contributed by atoms with van der Waals surface area (Å²) in [6.07, 6.45) is 5.65. The molecule has 5 fully saturated rings. The molecule has 1 aromatic rings. The lowest BCUT2D eigenvalue weighted by atomic mass is 9.52. The Bertz CT molecular complexity index is 935. The maximum Gasteiger partial charge on any atom is 0.166 e. The molecule has 5 heteroatoms. The van der Waals surface area contributed by atoms with E-state index < -0.39 is 0 Å². The van der Waals surface area contributed by atoms with E-state index in [2.05, 4.69) is 26.2 Å². The summed E-state index contributed by atoms with van der Waals surface area (Å²) in [6, 6.07) is 6.11. The van der Waals surface area contributed by atoms with Gasteiger partial charge in [0.15, 0.2) is 11.5 Å². The van der Waals surface area contributed by atoms with Gasteiger partial charge in [0, 0.05) is 49.3 Å². The molecule has 162 valence electrons. The molecule has 5 nitrogen and oxygen atoms in total. The highest BCUT2D eigenvalue weighted by Crippen LogP contribution is 2.69. The summed E-state index contributed by atoms with van der Waals surface area (Å²) in [5.74, 6) is 4.19. The van der Waals surface area contributed by atoms with Crippen molar-refractivity contribution in [1.82, 2.24) is 4.48 Å². The van der Waals surface area contributed by atoms with Gasteiger partial charge in [-0.3, -0.25) is 4.48 Å². The normalized spacial score (nSPS) is 51.9. The lowest BCUT2D eigenvalue weighted by Crippen LogP contribution is -2.76. The first-order chi connectivity index (χ1) is 14.5. The predicted molar refractivity (Wildman–Crippen MR) is 116 cm³/mol. The molecule has 6 aliphatic rings. The molecule has 5 heterocycles. The molecule has 0 aromatic heterocycles. The summed E-state index contributed by atoms with van der Waals surface area (Å²) in [5.41, 5.74) is 3.36. The van der Waals surface area contributed by atoms with Gasteiger partial charge in [0.25, 0.3) is 0 Å². The second-order valence-electron chi connectivity index (χ2n) is 11.6. The smallest absolute Gasteiger partial charge is 0.166 e. The lowest BCUT2D eigenvalue weighted by Gasteiger charge is -2.61. The van der Waals surface area contributed by atoms with E-state index in [1.54, 1.807) is 19.8 Å². The highest BCUT2D eigenvalue weighted by atomic mass is 16.5. The van der Waals surface area contributed by atoms with Crippen LogP contribution >= 0.6 is 0 Å². The maximum atomic E-state index is 6.62. The summed E-state index contributed by atoms with van der Waals surface area (Å²) >= 11 is 0. The maximum absolute atomic E-state index is 6.62. The molecule has 1 saturated carbocycles. The summed E-state index contributed by atoms with van der Waals surface area (Å²) in [5, 5.41) is 0. The largest absolute Gasteiger partial charge is 0.493 e. The van der Waals surface area contributed by atoms with Gasteiger partial charge in [-0.2, -0.15) is 0 Å². The summed E-state index contributed by atoms with van der Waals surface area (Å²) in [4.78, 5) is 0. The Morgan fingerprint density at radius 2 is 1.87 bits per heavy atom. The van der Waals surface area contributed by atoms with Crippen LogP contribution in [0.15, 0.2) is 12.1 Å². The van der Waals surface area contributed by atoms with E-state index >= 15 is 0 Å². The van der Waals surface area contributed by atoms with Gasteiger partial charge < -0.3 is 18.7 Å². The zero-order valence-corrected chi connectivity index (χ0v) is 18.9. The van der Waals surface area contributed by atoms with E-state index in [-0.39, 0.29) is 5.41 Å². The Kier molecular flexibility index (Phi) is 3.38. The topological polar surface area (TPSA) is 27.7 Å². The summed E-state index contributed by atoms with van der Waals surface area (Å²) < 4.78 is 20.6.